The lowest BCUT2D eigenvalue weighted by atomic mass is 9.68. The minimum atomic E-state index is -0.539. The van der Waals surface area contributed by atoms with E-state index in [2.05, 4.69) is 10.3 Å². The summed E-state index contributed by atoms with van der Waals surface area (Å²) in [6.07, 6.45) is 6.23. The first kappa shape index (κ1) is 11.4. The normalized spacial score (nSPS) is 20.8. The zero-order valence-electron chi connectivity index (χ0n) is 10.2. The number of amides is 2. The predicted octanol–water partition coefficient (Wildman–Crippen LogP) is 2.63. The Bertz CT molecular complexity index is 456. The van der Waals surface area contributed by atoms with Gasteiger partial charge in [0.2, 0.25) is 5.95 Å². The van der Waals surface area contributed by atoms with Gasteiger partial charge in [-0.05, 0) is 36.8 Å². The Morgan fingerprint density at radius 1 is 1.39 bits per heavy atom. The number of nitrogens with zero attached hydrogens (tertiary/aromatic N) is 2. The van der Waals surface area contributed by atoms with Crippen molar-refractivity contribution in [1.82, 2.24) is 9.88 Å². The summed E-state index contributed by atoms with van der Waals surface area (Å²) < 4.78 is 12.6. The van der Waals surface area contributed by atoms with E-state index < -0.39 is 5.95 Å². The van der Waals surface area contributed by atoms with Crippen LogP contribution in [0.25, 0.3) is 0 Å². The van der Waals surface area contributed by atoms with Crippen LogP contribution in [0.2, 0.25) is 0 Å². The summed E-state index contributed by atoms with van der Waals surface area (Å²) in [5.74, 6) is -0.539. The molecular weight excluding hydrogens is 233 g/mol. The van der Waals surface area contributed by atoms with E-state index in [1.807, 2.05) is 4.90 Å². The summed E-state index contributed by atoms with van der Waals surface area (Å²) in [7, 11) is 0. The Kier molecular flexibility index (Phi) is 2.69. The minimum Gasteiger partial charge on any atom is -0.324 e. The van der Waals surface area contributed by atoms with Crippen molar-refractivity contribution in [2.75, 3.05) is 18.4 Å². The first-order valence-electron chi connectivity index (χ1n) is 6.34. The Hall–Kier alpha value is -1.65. The molecule has 1 N–H and O–H groups in total. The number of anilines is 1. The van der Waals surface area contributed by atoms with Crippen molar-refractivity contribution >= 4 is 11.7 Å². The quantitative estimate of drug-likeness (QED) is 0.778. The number of hydrogen-bond acceptors (Lipinski definition) is 2. The molecule has 18 heavy (non-hydrogen) atoms. The fourth-order valence-electron chi connectivity index (χ4n) is 2.85. The molecule has 1 saturated carbocycles. The van der Waals surface area contributed by atoms with Crippen LogP contribution in [0.15, 0.2) is 18.3 Å². The van der Waals surface area contributed by atoms with E-state index in [4.69, 9.17) is 0 Å². The third-order valence-corrected chi connectivity index (χ3v) is 4.12. The number of carbonyl (C=O) groups excluding carboxylic acids is 1. The van der Waals surface area contributed by atoms with Crippen LogP contribution in [-0.2, 0) is 0 Å². The average molecular weight is 249 g/mol. The van der Waals surface area contributed by atoms with E-state index in [-0.39, 0.29) is 6.03 Å². The number of hydrogen-bond donors (Lipinski definition) is 1. The van der Waals surface area contributed by atoms with Crippen LogP contribution >= 0.6 is 0 Å². The van der Waals surface area contributed by atoms with E-state index in [9.17, 15) is 9.18 Å². The molecule has 1 aliphatic carbocycles. The first-order chi connectivity index (χ1) is 8.67. The highest BCUT2D eigenvalue weighted by atomic mass is 19.1. The van der Waals surface area contributed by atoms with Crippen molar-refractivity contribution in [3.63, 3.8) is 0 Å². The topological polar surface area (TPSA) is 45.2 Å². The second-order valence-corrected chi connectivity index (χ2v) is 5.32. The third kappa shape index (κ3) is 2.05. The van der Waals surface area contributed by atoms with Crippen LogP contribution in [0.3, 0.4) is 0 Å². The molecule has 4 nitrogen and oxygen atoms in total. The van der Waals surface area contributed by atoms with Crippen LogP contribution in [0.1, 0.15) is 25.7 Å². The van der Waals surface area contributed by atoms with Gasteiger partial charge in [-0.25, -0.2) is 9.78 Å². The summed E-state index contributed by atoms with van der Waals surface area (Å²) >= 11 is 0. The van der Waals surface area contributed by atoms with Crippen LogP contribution in [0.5, 0.6) is 0 Å². The van der Waals surface area contributed by atoms with Gasteiger partial charge in [0.1, 0.15) is 0 Å². The lowest BCUT2D eigenvalue weighted by molar-refractivity contribution is 0.144. The van der Waals surface area contributed by atoms with Crippen molar-refractivity contribution in [2.45, 2.75) is 25.7 Å². The number of rotatable bonds is 1. The molecule has 2 aliphatic rings. The molecule has 96 valence electrons. The van der Waals surface area contributed by atoms with Crippen LogP contribution in [0.4, 0.5) is 14.9 Å². The molecule has 0 radical (unpaired) electrons. The third-order valence-electron chi connectivity index (χ3n) is 4.12. The van der Waals surface area contributed by atoms with Gasteiger partial charge in [-0.2, -0.15) is 4.39 Å². The highest BCUT2D eigenvalue weighted by Crippen LogP contribution is 2.47. The van der Waals surface area contributed by atoms with Gasteiger partial charge >= 0.3 is 6.03 Å². The maximum atomic E-state index is 12.6. The van der Waals surface area contributed by atoms with Crippen LogP contribution in [0, 0.1) is 11.4 Å². The molecule has 0 aromatic carbocycles. The van der Waals surface area contributed by atoms with Crippen LogP contribution < -0.4 is 5.32 Å². The van der Waals surface area contributed by atoms with E-state index in [1.54, 1.807) is 0 Å². The molecule has 3 rings (SSSR count). The molecule has 2 fully saturated rings. The summed E-state index contributed by atoms with van der Waals surface area (Å²) in [4.78, 5) is 17.4. The molecule has 0 unspecified atom stereocenters. The fraction of sp³-hybridized carbons (Fsp3) is 0.538. The summed E-state index contributed by atoms with van der Waals surface area (Å²) in [6.45, 7) is 1.67. The predicted molar refractivity (Wildman–Crippen MR) is 65.7 cm³/mol. The van der Waals surface area contributed by atoms with Crippen molar-refractivity contribution in [3.05, 3.63) is 24.3 Å². The van der Waals surface area contributed by atoms with Gasteiger partial charge in [0, 0.05) is 13.1 Å². The molecule has 1 spiro atoms. The van der Waals surface area contributed by atoms with Gasteiger partial charge in [-0.15, -0.1) is 0 Å². The van der Waals surface area contributed by atoms with E-state index in [1.165, 1.54) is 37.6 Å². The summed E-state index contributed by atoms with van der Waals surface area (Å²) in [5, 5.41) is 2.75. The highest BCUT2D eigenvalue weighted by Gasteiger charge is 2.44. The Labute approximate surface area is 105 Å². The molecule has 2 heterocycles. The zero-order chi connectivity index (χ0) is 12.6. The maximum absolute atomic E-state index is 12.6. The summed E-state index contributed by atoms with van der Waals surface area (Å²) in [5.41, 5.74) is 0.939. The Morgan fingerprint density at radius 3 is 2.78 bits per heavy atom. The van der Waals surface area contributed by atoms with Gasteiger partial charge in [0.05, 0.1) is 11.9 Å². The highest BCUT2D eigenvalue weighted by molar-refractivity contribution is 5.89. The average Bonchev–Trinajstić information content (AvgIpc) is 2.77. The van der Waals surface area contributed by atoms with Crippen molar-refractivity contribution in [2.24, 2.45) is 5.41 Å². The van der Waals surface area contributed by atoms with E-state index in [0.717, 1.165) is 19.5 Å². The molecule has 1 aromatic rings. The number of halogens is 1. The molecular formula is C13H16FN3O. The molecule has 1 aromatic heterocycles. The van der Waals surface area contributed by atoms with Crippen molar-refractivity contribution in [3.8, 4) is 0 Å². The number of carbonyl (C=O) groups is 1. The SMILES string of the molecule is O=C(Nc1ccc(F)nc1)N1CCC2(CCC2)C1. The number of urea groups is 1. The lowest BCUT2D eigenvalue weighted by Crippen LogP contribution is -2.37. The van der Waals surface area contributed by atoms with Crippen molar-refractivity contribution in [1.29, 1.82) is 0 Å². The smallest absolute Gasteiger partial charge is 0.321 e. The van der Waals surface area contributed by atoms with Crippen LogP contribution in [-0.4, -0.2) is 29.0 Å². The number of pyridine rings is 1. The number of likely N-dealkylation sites (tertiary alicyclic amines) is 1. The Morgan fingerprint density at radius 2 is 2.22 bits per heavy atom. The first-order valence-corrected chi connectivity index (χ1v) is 6.34. The second-order valence-electron chi connectivity index (χ2n) is 5.32. The van der Waals surface area contributed by atoms with E-state index >= 15 is 0 Å². The fourth-order valence-corrected chi connectivity index (χ4v) is 2.85. The maximum Gasteiger partial charge on any atom is 0.321 e. The zero-order valence-corrected chi connectivity index (χ0v) is 10.2. The standard InChI is InChI=1S/C13H16FN3O/c14-11-3-2-10(8-15-11)16-12(18)17-7-6-13(9-17)4-1-5-13/h2-3,8H,1,4-7,9H2,(H,16,18). The van der Waals surface area contributed by atoms with Crippen molar-refractivity contribution < 1.29 is 9.18 Å². The molecule has 1 aliphatic heterocycles. The lowest BCUT2D eigenvalue weighted by Gasteiger charge is -2.37. The molecule has 0 bridgehead atoms. The van der Waals surface area contributed by atoms with Gasteiger partial charge < -0.3 is 10.2 Å². The van der Waals surface area contributed by atoms with Gasteiger partial charge in [-0.3, -0.25) is 0 Å². The number of nitrogens with one attached hydrogen (secondary N) is 1. The minimum absolute atomic E-state index is 0.104. The molecule has 5 heteroatoms. The molecule has 0 atom stereocenters. The largest absolute Gasteiger partial charge is 0.324 e. The Balaban J connectivity index is 1.60. The van der Waals surface area contributed by atoms with E-state index in [0.29, 0.717) is 11.1 Å². The van der Waals surface area contributed by atoms with Gasteiger partial charge in [-0.1, -0.05) is 6.42 Å². The van der Waals surface area contributed by atoms with Gasteiger partial charge in [0.25, 0.3) is 0 Å². The molecule has 1 saturated heterocycles. The number of aromatic nitrogens is 1. The van der Waals surface area contributed by atoms with Gasteiger partial charge in [0.15, 0.2) is 0 Å². The summed E-state index contributed by atoms with van der Waals surface area (Å²) in [6, 6.07) is 2.66. The second kappa shape index (κ2) is 4.23. The monoisotopic (exact) mass is 249 g/mol. The molecule has 2 amide bonds.